The number of hydrogen-bond acceptors (Lipinski definition) is 3. The van der Waals surface area contributed by atoms with E-state index in [0.717, 1.165) is 43.6 Å². The summed E-state index contributed by atoms with van der Waals surface area (Å²) < 4.78 is 0. The minimum atomic E-state index is 0.260. The lowest BCUT2D eigenvalue weighted by molar-refractivity contribution is 0.0716. The lowest BCUT2D eigenvalue weighted by atomic mass is 9.92. The van der Waals surface area contributed by atoms with Crippen LogP contribution in [0.4, 0.5) is 0 Å². The smallest absolute Gasteiger partial charge is 0.264 e. The van der Waals surface area contributed by atoms with Gasteiger partial charge in [-0.15, -0.1) is 11.3 Å². The SMILES string of the molecule is O=C(c1scc2c1CCCC2)N1CCC(c2ccn[nH]2)CC1. The minimum absolute atomic E-state index is 0.260. The Bertz CT molecular complexity index is 654. The largest absolute Gasteiger partial charge is 0.338 e. The van der Waals surface area contributed by atoms with Crippen LogP contribution in [0.25, 0.3) is 0 Å². The Hall–Kier alpha value is -1.62. The van der Waals surface area contributed by atoms with E-state index in [-0.39, 0.29) is 5.91 Å². The number of aromatic nitrogens is 2. The molecule has 1 N–H and O–H groups in total. The fourth-order valence-corrected chi connectivity index (χ4v) is 4.86. The molecule has 4 nitrogen and oxygen atoms in total. The van der Waals surface area contributed by atoms with E-state index in [1.54, 1.807) is 11.3 Å². The van der Waals surface area contributed by atoms with Crippen molar-refractivity contribution < 1.29 is 4.79 Å². The molecule has 1 saturated heterocycles. The van der Waals surface area contributed by atoms with Gasteiger partial charge in [0.05, 0.1) is 4.88 Å². The predicted molar refractivity (Wildman–Crippen MR) is 87.4 cm³/mol. The maximum Gasteiger partial charge on any atom is 0.264 e. The molecule has 5 heteroatoms. The lowest BCUT2D eigenvalue weighted by Gasteiger charge is -2.31. The number of aromatic amines is 1. The van der Waals surface area contributed by atoms with Crippen molar-refractivity contribution in [1.82, 2.24) is 15.1 Å². The molecule has 3 heterocycles. The molecule has 0 aromatic carbocycles. The van der Waals surface area contributed by atoms with Gasteiger partial charge in [-0.05, 0) is 61.1 Å². The first-order chi connectivity index (χ1) is 10.8. The van der Waals surface area contributed by atoms with Crippen LogP contribution in [0.15, 0.2) is 17.6 Å². The summed E-state index contributed by atoms with van der Waals surface area (Å²) in [6, 6.07) is 2.05. The monoisotopic (exact) mass is 315 g/mol. The highest BCUT2D eigenvalue weighted by molar-refractivity contribution is 7.12. The summed E-state index contributed by atoms with van der Waals surface area (Å²) in [5.41, 5.74) is 3.98. The molecule has 2 aromatic heterocycles. The number of rotatable bonds is 2. The third kappa shape index (κ3) is 2.47. The first kappa shape index (κ1) is 14.0. The highest BCUT2D eigenvalue weighted by Gasteiger charge is 2.28. The molecule has 0 spiro atoms. The van der Waals surface area contributed by atoms with Gasteiger partial charge >= 0.3 is 0 Å². The Kier molecular flexibility index (Phi) is 3.74. The molecular formula is C17H21N3OS. The van der Waals surface area contributed by atoms with Crippen molar-refractivity contribution in [3.8, 4) is 0 Å². The fourth-order valence-electron chi connectivity index (χ4n) is 3.73. The molecule has 0 bridgehead atoms. The number of piperidine rings is 1. The van der Waals surface area contributed by atoms with Crippen molar-refractivity contribution in [2.45, 2.75) is 44.4 Å². The number of fused-ring (bicyclic) bond motifs is 1. The lowest BCUT2D eigenvalue weighted by Crippen LogP contribution is -2.38. The van der Waals surface area contributed by atoms with Gasteiger partial charge in [0, 0.05) is 30.9 Å². The molecule has 1 aliphatic carbocycles. The van der Waals surface area contributed by atoms with Crippen molar-refractivity contribution in [2.75, 3.05) is 13.1 Å². The molecule has 1 amide bonds. The van der Waals surface area contributed by atoms with Crippen LogP contribution < -0.4 is 0 Å². The fraction of sp³-hybridized carbons (Fsp3) is 0.529. The van der Waals surface area contributed by atoms with E-state index in [1.165, 1.54) is 29.7 Å². The summed E-state index contributed by atoms with van der Waals surface area (Å²) in [5.74, 6) is 0.778. The number of hydrogen-bond donors (Lipinski definition) is 1. The zero-order valence-electron chi connectivity index (χ0n) is 12.7. The molecule has 0 radical (unpaired) electrons. The number of H-pyrrole nitrogens is 1. The van der Waals surface area contributed by atoms with Crippen LogP contribution in [0.3, 0.4) is 0 Å². The summed E-state index contributed by atoms with van der Waals surface area (Å²) in [5, 5.41) is 9.31. The van der Waals surface area contributed by atoms with Crippen molar-refractivity contribution in [1.29, 1.82) is 0 Å². The van der Waals surface area contributed by atoms with Crippen molar-refractivity contribution in [3.05, 3.63) is 39.3 Å². The molecule has 0 atom stereocenters. The summed E-state index contributed by atoms with van der Waals surface area (Å²) in [6.07, 6.45) is 8.61. The van der Waals surface area contributed by atoms with Gasteiger partial charge in [-0.1, -0.05) is 0 Å². The Balaban J connectivity index is 1.45. The molecular weight excluding hydrogens is 294 g/mol. The number of carbonyl (C=O) groups excluding carboxylic acids is 1. The molecule has 1 aliphatic heterocycles. The van der Waals surface area contributed by atoms with Crippen molar-refractivity contribution >= 4 is 17.2 Å². The Morgan fingerprint density at radius 1 is 1.27 bits per heavy atom. The van der Waals surface area contributed by atoms with Gasteiger partial charge in [-0.25, -0.2) is 0 Å². The van der Waals surface area contributed by atoms with Gasteiger partial charge in [0.15, 0.2) is 0 Å². The zero-order valence-corrected chi connectivity index (χ0v) is 13.5. The maximum absolute atomic E-state index is 12.8. The molecule has 22 heavy (non-hydrogen) atoms. The van der Waals surface area contributed by atoms with E-state index in [9.17, 15) is 4.79 Å². The number of thiophene rings is 1. The minimum Gasteiger partial charge on any atom is -0.338 e. The number of nitrogens with zero attached hydrogens (tertiary/aromatic N) is 2. The summed E-state index contributed by atoms with van der Waals surface area (Å²) in [7, 11) is 0. The van der Waals surface area contributed by atoms with Gasteiger partial charge in [0.2, 0.25) is 0 Å². The van der Waals surface area contributed by atoms with Gasteiger partial charge < -0.3 is 4.90 Å². The van der Waals surface area contributed by atoms with Crippen LogP contribution in [0.2, 0.25) is 0 Å². The Labute approximate surface area is 134 Å². The van der Waals surface area contributed by atoms with Crippen LogP contribution in [-0.4, -0.2) is 34.1 Å². The standard InChI is InChI=1S/C17H21N3OS/c21-17(16-14-4-2-1-3-13(14)11-22-16)20-9-6-12(7-10-20)15-5-8-18-19-15/h5,8,11-12H,1-4,6-7,9-10H2,(H,18,19). The summed E-state index contributed by atoms with van der Waals surface area (Å²) in [6.45, 7) is 1.71. The van der Waals surface area contributed by atoms with Gasteiger partial charge in [0.25, 0.3) is 5.91 Å². The zero-order chi connectivity index (χ0) is 14.9. The predicted octanol–water partition coefficient (Wildman–Crippen LogP) is 3.37. The van der Waals surface area contributed by atoms with Gasteiger partial charge in [-0.3, -0.25) is 9.89 Å². The molecule has 0 saturated carbocycles. The van der Waals surface area contributed by atoms with E-state index >= 15 is 0 Å². The second-order valence-corrected chi connectivity index (χ2v) is 7.23. The van der Waals surface area contributed by atoms with Crippen LogP contribution >= 0.6 is 11.3 Å². The third-order valence-electron chi connectivity index (χ3n) is 5.04. The second-order valence-electron chi connectivity index (χ2n) is 6.35. The highest BCUT2D eigenvalue weighted by Crippen LogP contribution is 2.32. The van der Waals surface area contributed by atoms with Gasteiger partial charge in [0.1, 0.15) is 0 Å². The number of nitrogens with one attached hydrogen (secondary N) is 1. The molecule has 2 aromatic rings. The van der Waals surface area contributed by atoms with Crippen LogP contribution in [0.1, 0.15) is 58.1 Å². The third-order valence-corrected chi connectivity index (χ3v) is 6.10. The second kappa shape index (κ2) is 5.88. The van der Waals surface area contributed by atoms with E-state index in [4.69, 9.17) is 0 Å². The summed E-state index contributed by atoms with van der Waals surface area (Å²) >= 11 is 1.66. The quantitative estimate of drug-likeness (QED) is 0.923. The normalized spacial score (nSPS) is 19.2. The van der Waals surface area contributed by atoms with Crippen molar-refractivity contribution in [2.24, 2.45) is 0 Å². The molecule has 4 rings (SSSR count). The molecule has 1 fully saturated rings. The van der Waals surface area contributed by atoms with Crippen molar-refractivity contribution in [3.63, 3.8) is 0 Å². The van der Waals surface area contributed by atoms with E-state index in [0.29, 0.717) is 5.92 Å². The number of likely N-dealkylation sites (tertiary alicyclic amines) is 1. The molecule has 2 aliphatic rings. The number of carbonyl (C=O) groups is 1. The average Bonchev–Trinajstić information content (AvgIpc) is 3.24. The molecule has 0 unspecified atom stereocenters. The van der Waals surface area contributed by atoms with E-state index < -0.39 is 0 Å². The molecule has 116 valence electrons. The first-order valence-corrected chi connectivity index (χ1v) is 9.08. The van der Waals surface area contributed by atoms with Crippen LogP contribution in [-0.2, 0) is 12.8 Å². The topological polar surface area (TPSA) is 49.0 Å². The van der Waals surface area contributed by atoms with Crippen LogP contribution in [0.5, 0.6) is 0 Å². The Morgan fingerprint density at radius 3 is 2.86 bits per heavy atom. The highest BCUT2D eigenvalue weighted by atomic mass is 32.1. The van der Waals surface area contributed by atoms with Gasteiger partial charge in [-0.2, -0.15) is 5.10 Å². The van der Waals surface area contributed by atoms with E-state index in [2.05, 4.69) is 21.6 Å². The maximum atomic E-state index is 12.8. The number of aryl methyl sites for hydroxylation is 1. The van der Waals surface area contributed by atoms with E-state index in [1.807, 2.05) is 11.1 Å². The van der Waals surface area contributed by atoms with Crippen LogP contribution in [0, 0.1) is 0 Å². The summed E-state index contributed by atoms with van der Waals surface area (Å²) in [4.78, 5) is 15.9. The first-order valence-electron chi connectivity index (χ1n) is 8.20. The number of amides is 1. The average molecular weight is 315 g/mol. The Morgan fingerprint density at radius 2 is 2.09 bits per heavy atom.